The van der Waals surface area contributed by atoms with E-state index in [-0.39, 0.29) is 29.3 Å². The predicted octanol–water partition coefficient (Wildman–Crippen LogP) is 0.202. The van der Waals surface area contributed by atoms with E-state index in [0.717, 1.165) is 30.4 Å². The molecule has 3 aromatic rings. The normalized spacial score (nSPS) is 10.7. The minimum Gasteiger partial charge on any atom is -1.00 e. The maximum absolute atomic E-state index is 12.3. The third-order valence-corrected chi connectivity index (χ3v) is 3.81. The molecule has 0 bridgehead atoms. The molecule has 0 amide bonds. The number of nitrogens with zero attached hydrogens (tertiary/aromatic N) is 2. The molecule has 23 heavy (non-hydrogen) atoms. The van der Waals surface area contributed by atoms with Gasteiger partial charge in [-0.1, -0.05) is 25.5 Å². The number of carbonyl (C=O) groups excluding carboxylic acids is 1. The number of hydrogen-bond donors (Lipinski definition) is 1. The lowest BCUT2D eigenvalue weighted by Gasteiger charge is -2.03. The number of aromatic nitrogens is 2. The van der Waals surface area contributed by atoms with Crippen LogP contribution < -0.4 is 22.6 Å². The topological polar surface area (TPSA) is 63.9 Å². The SMILES string of the molecule is CCCCn1c(=N)n(CC(=O)c2ccco2)c2ccccc21.[Br-]. The van der Waals surface area contributed by atoms with Crippen LogP contribution in [0.2, 0.25) is 0 Å². The number of fused-ring (bicyclic) bond motifs is 1. The Balaban J connectivity index is 0.00000192. The summed E-state index contributed by atoms with van der Waals surface area (Å²) in [6.45, 7) is 3.04. The molecular formula is C17H19BrN3O2-. The fraction of sp³-hybridized carbons (Fsp3) is 0.294. The van der Waals surface area contributed by atoms with Gasteiger partial charge in [0.2, 0.25) is 11.4 Å². The van der Waals surface area contributed by atoms with Crippen LogP contribution in [0.5, 0.6) is 0 Å². The highest BCUT2D eigenvalue weighted by atomic mass is 79.9. The van der Waals surface area contributed by atoms with E-state index in [4.69, 9.17) is 9.83 Å². The third kappa shape index (κ3) is 3.32. The molecule has 5 nitrogen and oxygen atoms in total. The Kier molecular flexibility index (Phi) is 5.60. The zero-order chi connectivity index (χ0) is 15.5. The molecule has 2 heterocycles. The van der Waals surface area contributed by atoms with Crippen LogP contribution >= 0.6 is 0 Å². The van der Waals surface area contributed by atoms with Crippen LogP contribution in [0.15, 0.2) is 47.1 Å². The summed E-state index contributed by atoms with van der Waals surface area (Å²) in [7, 11) is 0. The number of hydrogen-bond acceptors (Lipinski definition) is 3. The van der Waals surface area contributed by atoms with Gasteiger partial charge in [0.25, 0.3) is 0 Å². The predicted molar refractivity (Wildman–Crippen MR) is 83.7 cm³/mol. The highest BCUT2D eigenvalue weighted by molar-refractivity contribution is 5.94. The Labute approximate surface area is 144 Å². The smallest absolute Gasteiger partial charge is 0.217 e. The first kappa shape index (κ1) is 17.3. The van der Waals surface area contributed by atoms with Crippen LogP contribution in [0.3, 0.4) is 0 Å². The third-order valence-electron chi connectivity index (χ3n) is 3.81. The number of Topliss-reactive ketones (excluding diaryl/α,β-unsaturated/α-hetero) is 1. The molecule has 0 aliphatic carbocycles. The lowest BCUT2D eigenvalue weighted by molar-refractivity contribution is -0.0000127. The van der Waals surface area contributed by atoms with Gasteiger partial charge in [-0.25, -0.2) is 0 Å². The van der Waals surface area contributed by atoms with Crippen molar-refractivity contribution in [1.82, 2.24) is 9.13 Å². The van der Waals surface area contributed by atoms with Gasteiger partial charge in [0.05, 0.1) is 23.8 Å². The molecule has 1 aromatic carbocycles. The van der Waals surface area contributed by atoms with Crippen molar-refractivity contribution in [3.63, 3.8) is 0 Å². The van der Waals surface area contributed by atoms with Gasteiger partial charge in [0, 0.05) is 6.54 Å². The second-order valence-electron chi connectivity index (χ2n) is 5.30. The Morgan fingerprint density at radius 2 is 1.83 bits per heavy atom. The molecule has 6 heteroatoms. The van der Waals surface area contributed by atoms with Crippen LogP contribution in [-0.2, 0) is 13.1 Å². The Hall–Kier alpha value is -2.08. The first-order valence-electron chi connectivity index (χ1n) is 7.51. The molecule has 0 aliphatic heterocycles. The van der Waals surface area contributed by atoms with E-state index in [1.807, 2.05) is 28.8 Å². The monoisotopic (exact) mass is 376 g/mol. The standard InChI is InChI=1S/C17H19N3O2.BrH/c1-2-3-10-19-13-7-4-5-8-14(13)20(17(19)18)12-15(21)16-9-6-11-22-16;/h4-9,11,18H,2-3,10,12H2,1H3;1H/p-1. The van der Waals surface area contributed by atoms with E-state index in [2.05, 4.69) is 6.92 Å². The highest BCUT2D eigenvalue weighted by Gasteiger charge is 2.15. The summed E-state index contributed by atoms with van der Waals surface area (Å²) in [5.74, 6) is 0.208. The van der Waals surface area contributed by atoms with Crippen molar-refractivity contribution in [1.29, 1.82) is 5.41 Å². The number of rotatable bonds is 6. The van der Waals surface area contributed by atoms with E-state index in [1.54, 1.807) is 16.7 Å². The van der Waals surface area contributed by atoms with Gasteiger partial charge in [0.1, 0.15) is 0 Å². The average molecular weight is 377 g/mol. The number of furan rings is 1. The Bertz CT molecular complexity index is 846. The molecule has 2 aromatic heterocycles. The molecular weight excluding hydrogens is 358 g/mol. The number of ketones is 1. The maximum atomic E-state index is 12.3. The van der Waals surface area contributed by atoms with Crippen LogP contribution in [0.4, 0.5) is 0 Å². The van der Waals surface area contributed by atoms with Gasteiger partial charge in [-0.05, 0) is 30.7 Å². The van der Waals surface area contributed by atoms with Crippen molar-refractivity contribution >= 4 is 16.8 Å². The van der Waals surface area contributed by atoms with Crippen LogP contribution in [0, 0.1) is 5.41 Å². The van der Waals surface area contributed by atoms with Gasteiger partial charge in [-0.3, -0.25) is 10.2 Å². The van der Waals surface area contributed by atoms with E-state index < -0.39 is 0 Å². The second-order valence-corrected chi connectivity index (χ2v) is 5.30. The van der Waals surface area contributed by atoms with Crippen LogP contribution in [-0.4, -0.2) is 14.9 Å². The van der Waals surface area contributed by atoms with Crippen molar-refractivity contribution in [2.24, 2.45) is 0 Å². The zero-order valence-electron chi connectivity index (χ0n) is 13.0. The largest absolute Gasteiger partial charge is 1.00 e. The van der Waals surface area contributed by atoms with E-state index in [9.17, 15) is 4.79 Å². The molecule has 122 valence electrons. The summed E-state index contributed by atoms with van der Waals surface area (Å²) in [5, 5.41) is 8.42. The van der Waals surface area contributed by atoms with Gasteiger partial charge in [-0.15, -0.1) is 0 Å². The highest BCUT2D eigenvalue weighted by Crippen LogP contribution is 2.14. The van der Waals surface area contributed by atoms with Crippen molar-refractivity contribution in [3.8, 4) is 0 Å². The molecule has 0 atom stereocenters. The number of benzene rings is 1. The molecule has 0 spiro atoms. The first-order chi connectivity index (χ1) is 10.7. The molecule has 0 radical (unpaired) electrons. The van der Waals surface area contributed by atoms with Gasteiger partial charge >= 0.3 is 0 Å². The molecule has 0 saturated heterocycles. The van der Waals surface area contributed by atoms with Crippen molar-refractivity contribution in [2.75, 3.05) is 0 Å². The lowest BCUT2D eigenvalue weighted by Crippen LogP contribution is -3.00. The van der Waals surface area contributed by atoms with Gasteiger partial charge in [0.15, 0.2) is 5.76 Å². The fourth-order valence-electron chi connectivity index (χ4n) is 2.66. The summed E-state index contributed by atoms with van der Waals surface area (Å²) in [6, 6.07) is 11.2. The van der Waals surface area contributed by atoms with E-state index in [1.165, 1.54) is 6.26 Å². The maximum Gasteiger partial charge on any atom is 0.217 e. The molecule has 0 aliphatic rings. The number of halogens is 1. The number of unbranched alkanes of at least 4 members (excludes halogenated alkanes) is 1. The van der Waals surface area contributed by atoms with Crippen molar-refractivity contribution in [2.45, 2.75) is 32.9 Å². The second kappa shape index (κ2) is 7.46. The number of nitrogens with one attached hydrogen (secondary N) is 1. The number of para-hydroxylation sites is 2. The van der Waals surface area contributed by atoms with Crippen molar-refractivity contribution < 1.29 is 26.2 Å². The molecule has 0 unspecified atom stereocenters. The quantitative estimate of drug-likeness (QED) is 0.624. The van der Waals surface area contributed by atoms with Crippen molar-refractivity contribution in [3.05, 3.63) is 54.0 Å². The van der Waals surface area contributed by atoms with Gasteiger partial charge < -0.3 is 30.5 Å². The fourth-order valence-corrected chi connectivity index (χ4v) is 2.66. The summed E-state index contributed by atoms with van der Waals surface area (Å²) in [6.07, 6.45) is 3.57. The lowest BCUT2D eigenvalue weighted by atomic mass is 10.2. The number of imidazole rings is 1. The number of aryl methyl sites for hydroxylation is 1. The number of carbonyl (C=O) groups is 1. The molecule has 0 saturated carbocycles. The summed E-state index contributed by atoms with van der Waals surface area (Å²) < 4.78 is 8.87. The molecule has 0 fully saturated rings. The van der Waals surface area contributed by atoms with Gasteiger partial charge in [-0.2, -0.15) is 0 Å². The van der Waals surface area contributed by atoms with E-state index >= 15 is 0 Å². The minimum absolute atomic E-state index is 0. The Morgan fingerprint density at radius 1 is 1.13 bits per heavy atom. The van der Waals surface area contributed by atoms with Crippen LogP contribution in [0.1, 0.15) is 30.3 Å². The summed E-state index contributed by atoms with van der Waals surface area (Å²) in [5.41, 5.74) is 2.26. The Morgan fingerprint density at radius 3 is 2.43 bits per heavy atom. The van der Waals surface area contributed by atoms with E-state index in [0.29, 0.717) is 11.4 Å². The molecule has 3 rings (SSSR count). The zero-order valence-corrected chi connectivity index (χ0v) is 14.5. The van der Waals surface area contributed by atoms with Crippen LogP contribution in [0.25, 0.3) is 11.0 Å². The average Bonchev–Trinajstić information content (AvgIpc) is 3.14. The summed E-state index contributed by atoms with van der Waals surface area (Å²) in [4.78, 5) is 12.3. The molecule has 1 N–H and O–H groups in total. The summed E-state index contributed by atoms with van der Waals surface area (Å²) >= 11 is 0. The minimum atomic E-state index is -0.123. The first-order valence-corrected chi connectivity index (χ1v) is 7.51.